The van der Waals surface area contributed by atoms with Crippen LogP contribution in [0, 0.1) is 12.3 Å². The molecule has 1 unspecified atom stereocenters. The summed E-state index contributed by atoms with van der Waals surface area (Å²) in [6.45, 7) is 15.9. The minimum absolute atomic E-state index is 0.0142. The van der Waals surface area contributed by atoms with Crippen LogP contribution in [0.2, 0.25) is 0 Å². The van der Waals surface area contributed by atoms with Crippen LogP contribution in [0.15, 0.2) is 6.20 Å². The Labute approximate surface area is 189 Å². The lowest BCUT2D eigenvalue weighted by atomic mass is 9.84. The van der Waals surface area contributed by atoms with E-state index in [1.807, 2.05) is 53.5 Å². The first-order valence-electron chi connectivity index (χ1n) is 11.1. The van der Waals surface area contributed by atoms with Crippen molar-refractivity contribution in [2.24, 2.45) is 5.41 Å². The second-order valence-corrected chi connectivity index (χ2v) is 10.6. The third-order valence-corrected chi connectivity index (χ3v) is 5.80. The van der Waals surface area contributed by atoms with Crippen molar-refractivity contribution in [2.45, 2.75) is 73.1 Å². The smallest absolute Gasteiger partial charge is 0.407 e. The third kappa shape index (κ3) is 5.40. The van der Waals surface area contributed by atoms with E-state index < -0.39 is 11.7 Å². The summed E-state index contributed by atoms with van der Waals surface area (Å²) < 4.78 is 7.01. The lowest BCUT2D eigenvalue weighted by Crippen LogP contribution is -2.56. The van der Waals surface area contributed by atoms with E-state index in [4.69, 9.17) is 4.74 Å². The normalized spacial score (nSPS) is 18.5. The summed E-state index contributed by atoms with van der Waals surface area (Å²) in [7, 11) is 0. The molecule has 0 radical (unpaired) electrons. The molecule has 2 aliphatic heterocycles. The molecule has 0 aromatic carbocycles. The zero-order valence-electron chi connectivity index (χ0n) is 20.3. The summed E-state index contributed by atoms with van der Waals surface area (Å²) >= 11 is 0. The molecule has 1 N–H and O–H groups in total. The molecule has 0 spiro atoms. The fourth-order valence-corrected chi connectivity index (χ4v) is 3.94. The zero-order chi connectivity index (χ0) is 23.8. The number of aryl methyl sites for hydroxylation is 1. The van der Waals surface area contributed by atoms with Crippen molar-refractivity contribution >= 4 is 18.0 Å². The fraction of sp³-hybridized carbons (Fsp3) is 0.727. The van der Waals surface area contributed by atoms with Crippen molar-refractivity contribution in [1.82, 2.24) is 29.8 Å². The van der Waals surface area contributed by atoms with Gasteiger partial charge in [0.05, 0.1) is 18.4 Å². The summed E-state index contributed by atoms with van der Waals surface area (Å²) in [5.74, 6) is 0.673. The van der Waals surface area contributed by atoms with Gasteiger partial charge in [-0.2, -0.15) is 0 Å². The van der Waals surface area contributed by atoms with Crippen LogP contribution >= 0.6 is 0 Å². The maximum atomic E-state index is 13.0. The average Bonchev–Trinajstić information content (AvgIpc) is 3.19. The Morgan fingerprint density at radius 2 is 1.75 bits per heavy atom. The first kappa shape index (κ1) is 24.0. The second-order valence-electron chi connectivity index (χ2n) is 10.6. The molecule has 3 heterocycles. The number of hydrogen-bond donors (Lipinski definition) is 1. The summed E-state index contributed by atoms with van der Waals surface area (Å²) in [4.78, 5) is 44.0. The molecule has 3 rings (SSSR count). The Bertz CT molecular complexity index is 874. The van der Waals surface area contributed by atoms with Gasteiger partial charge in [0, 0.05) is 38.6 Å². The van der Waals surface area contributed by atoms with Gasteiger partial charge in [0.2, 0.25) is 5.91 Å². The van der Waals surface area contributed by atoms with Gasteiger partial charge in [-0.15, -0.1) is 0 Å². The van der Waals surface area contributed by atoms with E-state index in [1.54, 1.807) is 20.7 Å². The van der Waals surface area contributed by atoms with Crippen molar-refractivity contribution in [3.63, 3.8) is 0 Å². The molecule has 1 fully saturated rings. The number of amides is 3. The SMILES string of the molecule is Cc1ncc2n1C(=O)N(N1CCN(C(=O)CC(NC(=O)OC(C)(C)C)C(C)(C)C)CC1)C2. The Morgan fingerprint density at radius 3 is 2.28 bits per heavy atom. The van der Waals surface area contributed by atoms with Crippen LogP contribution in [-0.2, 0) is 16.1 Å². The van der Waals surface area contributed by atoms with Crippen LogP contribution in [0.4, 0.5) is 9.59 Å². The summed E-state index contributed by atoms with van der Waals surface area (Å²) in [5, 5.41) is 6.60. The number of imidazole rings is 1. The van der Waals surface area contributed by atoms with Crippen LogP contribution in [0.3, 0.4) is 0 Å². The lowest BCUT2D eigenvalue weighted by molar-refractivity contribution is -0.136. The van der Waals surface area contributed by atoms with Crippen molar-refractivity contribution in [3.8, 4) is 0 Å². The highest BCUT2D eigenvalue weighted by molar-refractivity contribution is 5.80. The second kappa shape index (κ2) is 8.73. The number of aromatic nitrogens is 2. The van der Waals surface area contributed by atoms with Gasteiger partial charge < -0.3 is 15.0 Å². The molecule has 2 aliphatic rings. The number of piperazine rings is 1. The van der Waals surface area contributed by atoms with Crippen LogP contribution in [-0.4, -0.2) is 80.3 Å². The first-order valence-corrected chi connectivity index (χ1v) is 11.1. The van der Waals surface area contributed by atoms with E-state index >= 15 is 0 Å². The third-order valence-electron chi connectivity index (χ3n) is 5.80. The Hall–Kier alpha value is -2.62. The highest BCUT2D eigenvalue weighted by Gasteiger charge is 2.36. The standard InChI is InChI=1S/C22H36N6O4/c1-15-23-13-16-14-27(20(31)28(15)16)26-10-8-25(9-11-26)18(29)12-17(21(2,3)4)24-19(30)32-22(5,6)7/h13,17H,8-12,14H2,1-7H3,(H,24,30). The van der Waals surface area contributed by atoms with E-state index in [0.29, 0.717) is 38.5 Å². The molecule has 0 saturated carbocycles. The largest absolute Gasteiger partial charge is 0.444 e. The van der Waals surface area contributed by atoms with Crippen LogP contribution in [0.5, 0.6) is 0 Å². The fourth-order valence-electron chi connectivity index (χ4n) is 3.94. The van der Waals surface area contributed by atoms with E-state index in [9.17, 15) is 14.4 Å². The molecule has 0 aliphatic carbocycles. The number of rotatable bonds is 4. The number of ether oxygens (including phenoxy) is 1. The number of carbonyl (C=O) groups excluding carboxylic acids is 3. The molecule has 3 amide bonds. The number of alkyl carbamates (subject to hydrolysis) is 1. The number of hydrogen-bond acceptors (Lipinski definition) is 6. The van der Waals surface area contributed by atoms with Crippen molar-refractivity contribution in [1.29, 1.82) is 0 Å². The lowest BCUT2D eigenvalue weighted by Gasteiger charge is -2.40. The molecular formula is C22H36N6O4. The van der Waals surface area contributed by atoms with Gasteiger partial charge in [-0.1, -0.05) is 20.8 Å². The molecule has 10 heteroatoms. The molecule has 32 heavy (non-hydrogen) atoms. The van der Waals surface area contributed by atoms with Crippen LogP contribution < -0.4 is 5.32 Å². The molecule has 1 aromatic heterocycles. The van der Waals surface area contributed by atoms with Gasteiger partial charge >= 0.3 is 12.1 Å². The molecule has 1 atom stereocenters. The van der Waals surface area contributed by atoms with E-state index in [0.717, 1.165) is 5.69 Å². The number of fused-ring (bicyclic) bond motifs is 1. The topological polar surface area (TPSA) is 100 Å². The summed E-state index contributed by atoms with van der Waals surface area (Å²) in [6.07, 6.45) is 1.41. The summed E-state index contributed by atoms with van der Waals surface area (Å²) in [6, 6.07) is -0.450. The average molecular weight is 449 g/mol. The highest BCUT2D eigenvalue weighted by Crippen LogP contribution is 2.25. The number of nitrogens with zero attached hydrogens (tertiary/aromatic N) is 5. The number of carbonyl (C=O) groups is 3. The summed E-state index contributed by atoms with van der Waals surface area (Å²) in [5.41, 5.74) is -0.0299. The quantitative estimate of drug-likeness (QED) is 0.759. The van der Waals surface area contributed by atoms with Crippen LogP contribution in [0.25, 0.3) is 0 Å². The molecular weight excluding hydrogens is 412 g/mol. The maximum absolute atomic E-state index is 13.0. The van der Waals surface area contributed by atoms with E-state index in [1.165, 1.54) is 0 Å². The van der Waals surface area contributed by atoms with Gasteiger partial charge in [-0.05, 0) is 33.1 Å². The minimum atomic E-state index is -0.602. The number of hydrazine groups is 1. The van der Waals surface area contributed by atoms with Crippen LogP contribution in [0.1, 0.15) is 59.5 Å². The zero-order valence-corrected chi connectivity index (χ0v) is 20.3. The Kier molecular flexibility index (Phi) is 6.55. The maximum Gasteiger partial charge on any atom is 0.407 e. The van der Waals surface area contributed by atoms with Gasteiger partial charge in [0.25, 0.3) is 0 Å². The number of nitrogens with one attached hydrogen (secondary N) is 1. The van der Waals surface area contributed by atoms with Crippen molar-refractivity contribution in [3.05, 3.63) is 17.7 Å². The Morgan fingerprint density at radius 1 is 1.12 bits per heavy atom. The molecule has 1 aromatic rings. The molecule has 0 bridgehead atoms. The van der Waals surface area contributed by atoms with E-state index in [2.05, 4.69) is 10.3 Å². The predicted molar refractivity (Wildman–Crippen MR) is 119 cm³/mol. The first-order chi connectivity index (χ1) is 14.8. The van der Waals surface area contributed by atoms with Gasteiger partial charge in [0.1, 0.15) is 11.4 Å². The monoisotopic (exact) mass is 448 g/mol. The van der Waals surface area contributed by atoms with E-state index in [-0.39, 0.29) is 29.8 Å². The minimum Gasteiger partial charge on any atom is -0.444 e. The predicted octanol–water partition coefficient (Wildman–Crippen LogP) is 2.36. The molecule has 1 saturated heterocycles. The Balaban J connectivity index is 1.55. The molecule has 178 valence electrons. The van der Waals surface area contributed by atoms with Crippen molar-refractivity contribution in [2.75, 3.05) is 26.2 Å². The van der Waals surface area contributed by atoms with Crippen molar-refractivity contribution < 1.29 is 19.1 Å². The van der Waals surface area contributed by atoms with Gasteiger partial charge in [0.15, 0.2) is 0 Å². The highest BCUT2D eigenvalue weighted by atomic mass is 16.6. The van der Waals surface area contributed by atoms with Gasteiger partial charge in [-0.3, -0.25) is 9.80 Å². The molecule has 10 nitrogen and oxygen atoms in total. The van der Waals surface area contributed by atoms with Gasteiger partial charge in [-0.25, -0.2) is 24.1 Å².